The molecular weight excluding hydrogens is 349 g/mol. The van der Waals surface area contributed by atoms with Gasteiger partial charge in [0.15, 0.2) is 5.60 Å². The zero-order valence-electron chi connectivity index (χ0n) is 15.3. The molecule has 0 aliphatic carbocycles. The SMILES string of the molecule is COc1ccc(F)c(CN2CCCC(O)(CNCc3cccnc3)C2=O)c1. The number of ether oxygens (including phenoxy) is 1. The van der Waals surface area contributed by atoms with Gasteiger partial charge in [-0.2, -0.15) is 0 Å². The third-order valence-electron chi connectivity index (χ3n) is 4.79. The Balaban J connectivity index is 1.64. The second kappa shape index (κ2) is 8.45. The number of nitrogens with zero attached hydrogens (tertiary/aromatic N) is 2. The number of carbonyl (C=O) groups excluding carboxylic acids is 1. The Kier molecular flexibility index (Phi) is 6.03. The third kappa shape index (κ3) is 4.61. The van der Waals surface area contributed by atoms with Crippen LogP contribution in [0.1, 0.15) is 24.0 Å². The molecule has 3 rings (SSSR count). The molecule has 2 aromatic rings. The lowest BCUT2D eigenvalue weighted by Crippen LogP contribution is -2.57. The van der Waals surface area contributed by atoms with E-state index in [1.165, 1.54) is 24.1 Å². The smallest absolute Gasteiger partial charge is 0.256 e. The number of pyridine rings is 1. The molecule has 1 amide bonds. The minimum atomic E-state index is -1.49. The summed E-state index contributed by atoms with van der Waals surface area (Å²) in [5, 5.41) is 14.0. The lowest BCUT2D eigenvalue weighted by atomic mass is 9.91. The summed E-state index contributed by atoms with van der Waals surface area (Å²) in [4.78, 5) is 18.4. The lowest BCUT2D eigenvalue weighted by molar-refractivity contribution is -0.157. The Morgan fingerprint density at radius 1 is 1.41 bits per heavy atom. The van der Waals surface area contributed by atoms with Crippen LogP contribution in [0.2, 0.25) is 0 Å². The number of piperidine rings is 1. The van der Waals surface area contributed by atoms with E-state index >= 15 is 0 Å². The summed E-state index contributed by atoms with van der Waals surface area (Å²) in [7, 11) is 1.51. The number of halogens is 1. The van der Waals surface area contributed by atoms with Crippen molar-refractivity contribution in [2.45, 2.75) is 31.5 Å². The largest absolute Gasteiger partial charge is 0.497 e. The summed E-state index contributed by atoms with van der Waals surface area (Å²) in [5.74, 6) is -0.244. The van der Waals surface area contributed by atoms with Crippen LogP contribution < -0.4 is 10.1 Å². The van der Waals surface area contributed by atoms with Gasteiger partial charge >= 0.3 is 0 Å². The summed E-state index contributed by atoms with van der Waals surface area (Å²) in [6, 6.07) is 8.20. The van der Waals surface area contributed by atoms with Gasteiger partial charge in [-0.1, -0.05) is 6.07 Å². The van der Waals surface area contributed by atoms with Crippen molar-refractivity contribution >= 4 is 5.91 Å². The Bertz CT molecular complexity index is 787. The zero-order valence-corrected chi connectivity index (χ0v) is 15.3. The number of hydrogen-bond donors (Lipinski definition) is 2. The van der Waals surface area contributed by atoms with Gasteiger partial charge in [0.25, 0.3) is 5.91 Å². The number of rotatable bonds is 7. The van der Waals surface area contributed by atoms with Crippen molar-refractivity contribution in [2.75, 3.05) is 20.2 Å². The quantitative estimate of drug-likeness (QED) is 0.775. The molecule has 7 heteroatoms. The number of benzene rings is 1. The highest BCUT2D eigenvalue weighted by molar-refractivity contribution is 5.86. The number of carbonyl (C=O) groups is 1. The van der Waals surface area contributed by atoms with Crippen LogP contribution in [-0.4, -0.2) is 46.7 Å². The fourth-order valence-electron chi connectivity index (χ4n) is 3.30. The fourth-order valence-corrected chi connectivity index (χ4v) is 3.30. The monoisotopic (exact) mass is 373 g/mol. The van der Waals surface area contributed by atoms with Crippen LogP contribution in [0, 0.1) is 5.82 Å². The van der Waals surface area contributed by atoms with Crippen molar-refractivity contribution in [1.29, 1.82) is 0 Å². The molecule has 1 atom stereocenters. The molecule has 1 aliphatic rings. The van der Waals surface area contributed by atoms with E-state index in [1.807, 2.05) is 12.1 Å². The number of amides is 1. The van der Waals surface area contributed by atoms with Gasteiger partial charge in [0.05, 0.1) is 7.11 Å². The Labute approximate surface area is 158 Å². The normalized spacial score (nSPS) is 20.0. The van der Waals surface area contributed by atoms with E-state index in [0.717, 1.165) is 5.56 Å². The Morgan fingerprint density at radius 2 is 2.26 bits per heavy atom. The maximum Gasteiger partial charge on any atom is 0.256 e. The van der Waals surface area contributed by atoms with Crippen molar-refractivity contribution in [3.8, 4) is 5.75 Å². The number of nitrogens with one attached hydrogen (secondary N) is 1. The van der Waals surface area contributed by atoms with Crippen LogP contribution in [0.5, 0.6) is 5.75 Å². The van der Waals surface area contributed by atoms with Gasteiger partial charge in [-0.3, -0.25) is 9.78 Å². The van der Waals surface area contributed by atoms with Crippen molar-refractivity contribution < 1.29 is 19.0 Å². The minimum absolute atomic E-state index is 0.104. The van der Waals surface area contributed by atoms with Crippen LogP contribution in [0.3, 0.4) is 0 Å². The summed E-state index contributed by atoms with van der Waals surface area (Å²) in [6.07, 6.45) is 4.46. The predicted molar refractivity (Wildman–Crippen MR) is 98.5 cm³/mol. The zero-order chi connectivity index (χ0) is 19.3. The average Bonchev–Trinajstić information content (AvgIpc) is 2.68. The molecule has 0 bridgehead atoms. The van der Waals surface area contributed by atoms with Crippen LogP contribution >= 0.6 is 0 Å². The van der Waals surface area contributed by atoms with Gasteiger partial charge in [-0.25, -0.2) is 4.39 Å². The van der Waals surface area contributed by atoms with Gasteiger partial charge in [-0.15, -0.1) is 0 Å². The van der Waals surface area contributed by atoms with Crippen molar-refractivity contribution in [3.63, 3.8) is 0 Å². The van der Waals surface area contributed by atoms with Crippen LogP contribution in [-0.2, 0) is 17.9 Å². The molecule has 1 fully saturated rings. The maximum absolute atomic E-state index is 14.1. The molecule has 1 unspecified atom stereocenters. The molecular formula is C20H24FN3O3. The molecule has 1 aromatic heterocycles. The average molecular weight is 373 g/mol. The van der Waals surface area contributed by atoms with E-state index in [0.29, 0.717) is 37.2 Å². The first-order valence-electron chi connectivity index (χ1n) is 8.95. The molecule has 27 heavy (non-hydrogen) atoms. The molecule has 2 heterocycles. The van der Waals surface area contributed by atoms with Gasteiger partial charge in [0, 0.05) is 44.1 Å². The van der Waals surface area contributed by atoms with Gasteiger partial charge in [0.1, 0.15) is 11.6 Å². The van der Waals surface area contributed by atoms with Gasteiger partial charge in [-0.05, 0) is 42.7 Å². The van der Waals surface area contributed by atoms with E-state index in [4.69, 9.17) is 4.74 Å². The molecule has 0 radical (unpaired) electrons. The summed E-state index contributed by atoms with van der Waals surface area (Å²) >= 11 is 0. The molecule has 0 spiro atoms. The molecule has 0 saturated carbocycles. The minimum Gasteiger partial charge on any atom is -0.497 e. The Morgan fingerprint density at radius 3 is 3.00 bits per heavy atom. The highest BCUT2D eigenvalue weighted by Crippen LogP contribution is 2.25. The molecule has 1 aliphatic heterocycles. The fraction of sp³-hybridized carbons (Fsp3) is 0.400. The number of aromatic nitrogens is 1. The number of aliphatic hydroxyl groups is 1. The molecule has 6 nitrogen and oxygen atoms in total. The predicted octanol–water partition coefficient (Wildman–Crippen LogP) is 1.87. The van der Waals surface area contributed by atoms with E-state index in [1.54, 1.807) is 18.5 Å². The standard InChI is InChI=1S/C20H24FN3O3/c1-27-17-5-6-18(21)16(10-17)13-24-9-3-7-20(26,19(24)25)14-23-12-15-4-2-8-22-11-15/h2,4-6,8,10-11,23,26H,3,7,9,12-14H2,1H3. The third-order valence-corrected chi connectivity index (χ3v) is 4.79. The second-order valence-corrected chi connectivity index (χ2v) is 6.78. The van der Waals surface area contributed by atoms with Crippen LogP contribution in [0.15, 0.2) is 42.7 Å². The lowest BCUT2D eigenvalue weighted by Gasteiger charge is -2.38. The van der Waals surface area contributed by atoms with Gasteiger partial charge < -0.3 is 20.1 Å². The first kappa shape index (κ1) is 19.3. The van der Waals surface area contributed by atoms with E-state index in [9.17, 15) is 14.3 Å². The summed E-state index contributed by atoms with van der Waals surface area (Å²) < 4.78 is 19.2. The number of likely N-dealkylation sites (tertiary alicyclic amines) is 1. The summed E-state index contributed by atoms with van der Waals surface area (Å²) in [6.45, 7) is 1.24. The van der Waals surface area contributed by atoms with E-state index in [2.05, 4.69) is 10.3 Å². The molecule has 1 saturated heterocycles. The first-order chi connectivity index (χ1) is 13.0. The van der Waals surface area contributed by atoms with Gasteiger partial charge in [0.2, 0.25) is 0 Å². The Hall–Kier alpha value is -2.51. The maximum atomic E-state index is 14.1. The second-order valence-electron chi connectivity index (χ2n) is 6.78. The van der Waals surface area contributed by atoms with E-state index < -0.39 is 11.4 Å². The van der Waals surface area contributed by atoms with Crippen molar-refractivity contribution in [1.82, 2.24) is 15.2 Å². The molecule has 144 valence electrons. The van der Waals surface area contributed by atoms with Crippen LogP contribution in [0.4, 0.5) is 4.39 Å². The van der Waals surface area contributed by atoms with Crippen molar-refractivity contribution in [3.05, 3.63) is 59.7 Å². The van der Waals surface area contributed by atoms with Crippen LogP contribution in [0.25, 0.3) is 0 Å². The molecule has 1 aromatic carbocycles. The summed E-state index contributed by atoms with van der Waals surface area (Å²) in [5.41, 5.74) is -0.148. The van der Waals surface area contributed by atoms with Crippen molar-refractivity contribution in [2.24, 2.45) is 0 Å². The highest BCUT2D eigenvalue weighted by Gasteiger charge is 2.41. The first-order valence-corrected chi connectivity index (χ1v) is 8.95. The topological polar surface area (TPSA) is 74.7 Å². The molecule has 2 N–H and O–H groups in total. The number of hydrogen-bond acceptors (Lipinski definition) is 5. The van der Waals surface area contributed by atoms with E-state index in [-0.39, 0.29) is 19.0 Å². The number of methoxy groups -OCH3 is 1. The highest BCUT2D eigenvalue weighted by atomic mass is 19.1.